The van der Waals surface area contributed by atoms with Crippen LogP contribution in [0, 0.1) is 0 Å². The van der Waals surface area contributed by atoms with Crippen LogP contribution in [0.15, 0.2) is 29.8 Å². The van der Waals surface area contributed by atoms with Crippen LogP contribution in [0.3, 0.4) is 0 Å². The molecule has 5 nitrogen and oxygen atoms in total. The van der Waals surface area contributed by atoms with Gasteiger partial charge in [-0.3, -0.25) is 9.78 Å². The van der Waals surface area contributed by atoms with Crippen molar-refractivity contribution in [3.8, 4) is 0 Å². The quantitative estimate of drug-likeness (QED) is 0.914. The molecule has 2 aromatic heterocycles. The molecule has 2 heterocycles. The van der Waals surface area contributed by atoms with E-state index in [9.17, 15) is 4.79 Å². The molecule has 0 radical (unpaired) electrons. The molecule has 1 amide bonds. The summed E-state index contributed by atoms with van der Waals surface area (Å²) in [6, 6.07) is 5.77. The molecular weight excluding hydrogens is 272 g/mol. The predicted molar refractivity (Wildman–Crippen MR) is 79.3 cm³/mol. The second-order valence-electron chi connectivity index (χ2n) is 4.68. The van der Waals surface area contributed by atoms with Gasteiger partial charge in [-0.2, -0.15) is 0 Å². The second-order valence-corrected chi connectivity index (χ2v) is 5.62. The lowest BCUT2D eigenvalue weighted by Gasteiger charge is -2.25. The molecule has 0 unspecified atom stereocenters. The second kappa shape index (κ2) is 6.58. The average molecular weight is 290 g/mol. The summed E-state index contributed by atoms with van der Waals surface area (Å²) >= 11 is 1.41. The van der Waals surface area contributed by atoms with Crippen molar-refractivity contribution in [2.24, 2.45) is 5.73 Å². The van der Waals surface area contributed by atoms with Gasteiger partial charge in [0.25, 0.3) is 5.91 Å². The van der Waals surface area contributed by atoms with E-state index in [0.717, 1.165) is 10.7 Å². The summed E-state index contributed by atoms with van der Waals surface area (Å²) in [6.45, 7) is 4.81. The Morgan fingerprint density at radius 2 is 2.25 bits per heavy atom. The van der Waals surface area contributed by atoms with Crippen LogP contribution >= 0.6 is 11.3 Å². The Morgan fingerprint density at radius 3 is 2.80 bits per heavy atom. The number of aromatic nitrogens is 2. The molecule has 0 bridgehead atoms. The van der Waals surface area contributed by atoms with Crippen molar-refractivity contribution in [1.82, 2.24) is 14.9 Å². The zero-order chi connectivity index (χ0) is 14.5. The van der Waals surface area contributed by atoms with E-state index in [1.165, 1.54) is 11.3 Å². The first-order valence-corrected chi connectivity index (χ1v) is 7.35. The zero-order valence-electron chi connectivity index (χ0n) is 11.6. The van der Waals surface area contributed by atoms with Crippen molar-refractivity contribution in [3.63, 3.8) is 0 Å². The lowest BCUT2D eigenvalue weighted by atomic mass is 10.2. The minimum atomic E-state index is -0.0818. The molecule has 20 heavy (non-hydrogen) atoms. The summed E-state index contributed by atoms with van der Waals surface area (Å²) in [6.07, 6.45) is 1.73. The fraction of sp³-hybridized carbons (Fsp3) is 0.357. The summed E-state index contributed by atoms with van der Waals surface area (Å²) < 4.78 is 0. The highest BCUT2D eigenvalue weighted by molar-refractivity contribution is 7.09. The number of nitrogens with zero attached hydrogens (tertiary/aromatic N) is 3. The van der Waals surface area contributed by atoms with Gasteiger partial charge in [-0.1, -0.05) is 6.07 Å². The topological polar surface area (TPSA) is 72.1 Å². The molecule has 0 aromatic carbocycles. The SMILES string of the molecule is CC(C)N(Cc1ccccn1)C(=O)c1csc(CN)n1. The first kappa shape index (κ1) is 14.6. The number of hydrogen-bond acceptors (Lipinski definition) is 5. The van der Waals surface area contributed by atoms with Gasteiger partial charge < -0.3 is 10.6 Å². The van der Waals surface area contributed by atoms with Crippen LogP contribution < -0.4 is 5.73 Å². The first-order chi connectivity index (χ1) is 9.61. The fourth-order valence-corrected chi connectivity index (χ4v) is 2.45. The van der Waals surface area contributed by atoms with E-state index in [2.05, 4.69) is 9.97 Å². The van der Waals surface area contributed by atoms with Gasteiger partial charge in [-0.05, 0) is 26.0 Å². The van der Waals surface area contributed by atoms with Crippen molar-refractivity contribution in [1.29, 1.82) is 0 Å². The maximum Gasteiger partial charge on any atom is 0.273 e. The van der Waals surface area contributed by atoms with Crippen molar-refractivity contribution in [2.75, 3.05) is 0 Å². The molecule has 0 aliphatic rings. The average Bonchev–Trinajstić information content (AvgIpc) is 2.94. The number of carbonyl (C=O) groups is 1. The molecule has 2 N–H and O–H groups in total. The first-order valence-electron chi connectivity index (χ1n) is 6.47. The van der Waals surface area contributed by atoms with Gasteiger partial charge >= 0.3 is 0 Å². The summed E-state index contributed by atoms with van der Waals surface area (Å²) in [5.41, 5.74) is 6.86. The number of amides is 1. The van der Waals surface area contributed by atoms with Crippen LogP contribution in [0.1, 0.15) is 35.0 Å². The van der Waals surface area contributed by atoms with Crippen LogP contribution in [0.4, 0.5) is 0 Å². The molecule has 0 atom stereocenters. The van der Waals surface area contributed by atoms with E-state index in [1.54, 1.807) is 16.5 Å². The molecule has 2 aromatic rings. The van der Waals surface area contributed by atoms with E-state index in [4.69, 9.17) is 5.73 Å². The summed E-state index contributed by atoms with van der Waals surface area (Å²) in [4.78, 5) is 22.8. The van der Waals surface area contributed by atoms with Gasteiger partial charge in [0.1, 0.15) is 10.7 Å². The molecular formula is C14H18N4OS. The molecule has 2 rings (SSSR count). The summed E-state index contributed by atoms with van der Waals surface area (Å²) in [7, 11) is 0. The van der Waals surface area contributed by atoms with E-state index in [0.29, 0.717) is 18.8 Å². The van der Waals surface area contributed by atoms with Gasteiger partial charge in [0.05, 0.1) is 12.2 Å². The highest BCUT2D eigenvalue weighted by atomic mass is 32.1. The third-order valence-corrected chi connectivity index (χ3v) is 3.76. The Labute approximate surface area is 122 Å². The van der Waals surface area contributed by atoms with Crippen molar-refractivity contribution < 1.29 is 4.79 Å². The Balaban J connectivity index is 2.18. The lowest BCUT2D eigenvalue weighted by Crippen LogP contribution is -2.36. The normalized spacial score (nSPS) is 10.8. The monoisotopic (exact) mass is 290 g/mol. The van der Waals surface area contributed by atoms with E-state index < -0.39 is 0 Å². The Bertz CT molecular complexity index is 568. The molecule has 0 saturated heterocycles. The molecule has 0 aliphatic carbocycles. The number of nitrogens with two attached hydrogens (primary N) is 1. The maximum atomic E-state index is 12.5. The Kier molecular flexibility index (Phi) is 4.81. The standard InChI is InChI=1S/C14H18N4OS/c1-10(2)18(8-11-5-3-4-6-16-11)14(19)12-9-20-13(7-15)17-12/h3-6,9-10H,7-8,15H2,1-2H3. The molecule has 106 valence electrons. The molecule has 0 saturated carbocycles. The van der Waals surface area contributed by atoms with Crippen molar-refractivity contribution >= 4 is 17.2 Å². The smallest absolute Gasteiger partial charge is 0.273 e. The minimum absolute atomic E-state index is 0.0764. The Morgan fingerprint density at radius 1 is 1.45 bits per heavy atom. The van der Waals surface area contributed by atoms with Gasteiger partial charge in [0.15, 0.2) is 0 Å². The van der Waals surface area contributed by atoms with Crippen LogP contribution in [0.2, 0.25) is 0 Å². The molecule has 6 heteroatoms. The number of thiazole rings is 1. The minimum Gasteiger partial charge on any atom is -0.329 e. The van der Waals surface area contributed by atoms with Crippen LogP contribution in [-0.4, -0.2) is 26.8 Å². The van der Waals surface area contributed by atoms with Gasteiger partial charge in [0, 0.05) is 24.2 Å². The van der Waals surface area contributed by atoms with Gasteiger partial charge in [-0.25, -0.2) is 4.98 Å². The van der Waals surface area contributed by atoms with Crippen molar-refractivity contribution in [3.05, 3.63) is 46.2 Å². The number of carbonyl (C=O) groups excluding carboxylic acids is 1. The largest absolute Gasteiger partial charge is 0.329 e. The van der Waals surface area contributed by atoms with Gasteiger partial charge in [0.2, 0.25) is 0 Å². The Hall–Kier alpha value is -1.79. The molecule has 0 spiro atoms. The fourth-order valence-electron chi connectivity index (χ4n) is 1.81. The van der Waals surface area contributed by atoms with Crippen molar-refractivity contribution in [2.45, 2.75) is 33.0 Å². The summed E-state index contributed by atoms with van der Waals surface area (Å²) in [5.74, 6) is -0.0818. The van der Waals surface area contributed by atoms with E-state index in [-0.39, 0.29) is 11.9 Å². The lowest BCUT2D eigenvalue weighted by molar-refractivity contribution is 0.0682. The van der Waals surface area contributed by atoms with Gasteiger partial charge in [-0.15, -0.1) is 11.3 Å². The predicted octanol–water partition coefficient (Wildman–Crippen LogP) is 2.05. The van der Waals surface area contributed by atoms with Crippen LogP contribution in [0.25, 0.3) is 0 Å². The maximum absolute atomic E-state index is 12.5. The third kappa shape index (κ3) is 3.40. The van der Waals surface area contributed by atoms with E-state index >= 15 is 0 Å². The third-order valence-electron chi connectivity index (χ3n) is 2.89. The summed E-state index contributed by atoms with van der Waals surface area (Å²) in [5, 5.41) is 2.54. The highest BCUT2D eigenvalue weighted by Gasteiger charge is 2.21. The number of pyridine rings is 1. The zero-order valence-corrected chi connectivity index (χ0v) is 12.4. The van der Waals surface area contributed by atoms with Crippen LogP contribution in [0.5, 0.6) is 0 Å². The van der Waals surface area contributed by atoms with E-state index in [1.807, 2.05) is 32.0 Å². The number of rotatable bonds is 5. The highest BCUT2D eigenvalue weighted by Crippen LogP contribution is 2.15. The number of hydrogen-bond donors (Lipinski definition) is 1. The molecule has 0 aliphatic heterocycles. The van der Waals surface area contributed by atoms with Crippen LogP contribution in [-0.2, 0) is 13.1 Å². The molecule has 0 fully saturated rings.